The Bertz CT molecular complexity index is 1100. The number of ether oxygens (including phenoxy) is 2. The van der Waals surface area contributed by atoms with Gasteiger partial charge in [-0.2, -0.15) is 0 Å². The summed E-state index contributed by atoms with van der Waals surface area (Å²) in [6.07, 6.45) is 8.81. The summed E-state index contributed by atoms with van der Waals surface area (Å²) in [5.41, 5.74) is 0.943. The number of nitrogens with zero attached hydrogens (tertiary/aromatic N) is 1. The Morgan fingerprint density at radius 1 is 1.20 bits per heavy atom. The van der Waals surface area contributed by atoms with Gasteiger partial charge in [-0.05, 0) is 68.9 Å². The molecule has 40 heavy (non-hydrogen) atoms. The lowest BCUT2D eigenvalue weighted by molar-refractivity contribution is -0.145. The molecule has 2 amide bonds. The summed E-state index contributed by atoms with van der Waals surface area (Å²) in [5.74, 6) is -0.397. The Morgan fingerprint density at radius 3 is 2.40 bits per heavy atom. The maximum atomic E-state index is 14.7. The van der Waals surface area contributed by atoms with Crippen LogP contribution < -0.4 is 0 Å². The summed E-state index contributed by atoms with van der Waals surface area (Å²) < 4.78 is 11.6. The molecule has 1 fully saturated rings. The van der Waals surface area contributed by atoms with Crippen molar-refractivity contribution in [3.8, 4) is 0 Å². The van der Waals surface area contributed by atoms with Gasteiger partial charge in [-0.3, -0.25) is 9.59 Å². The molecule has 0 radical (unpaired) electrons. The summed E-state index contributed by atoms with van der Waals surface area (Å²) in [5, 5.41) is 0. The molecule has 1 heterocycles. The van der Waals surface area contributed by atoms with E-state index in [4.69, 9.17) is 9.47 Å². The number of hydrogen-bond acceptors (Lipinski definition) is 5. The normalized spacial score (nSPS) is 33.0. The number of Topliss-reactive ketones (excluding diaryl/α,β-unsaturated/α-hetero) is 1. The third-order valence-electron chi connectivity index (χ3n) is 9.46. The van der Waals surface area contributed by atoms with Crippen LogP contribution in [0.1, 0.15) is 74.1 Å². The molecule has 3 aliphatic rings. The molecule has 0 saturated heterocycles. The third kappa shape index (κ3) is 6.40. The van der Waals surface area contributed by atoms with Gasteiger partial charge < -0.3 is 9.47 Å². The minimum atomic E-state index is -1.45. The van der Waals surface area contributed by atoms with Crippen LogP contribution in [0.25, 0.3) is 0 Å². The van der Waals surface area contributed by atoms with Gasteiger partial charge in [0.2, 0.25) is 0 Å². The fraction of sp³-hybridized carbons (Fsp3) is 0.727. The Morgan fingerprint density at radius 2 is 1.85 bits per heavy atom. The van der Waals surface area contributed by atoms with Gasteiger partial charge in [0.15, 0.2) is 11.5 Å². The minimum Gasteiger partial charge on any atom is -0.449 e. The van der Waals surface area contributed by atoms with Crippen molar-refractivity contribution < 1.29 is 23.9 Å². The number of carbonyl (C=O) groups excluding carboxylic acids is 3. The molecule has 0 aromatic heterocycles. The van der Waals surface area contributed by atoms with Crippen molar-refractivity contribution in [1.82, 2.24) is 4.90 Å². The summed E-state index contributed by atoms with van der Waals surface area (Å²) in [7, 11) is 0.0498. The second-order valence-electron chi connectivity index (χ2n) is 14.6. The van der Waals surface area contributed by atoms with Crippen LogP contribution in [0.15, 0.2) is 34.9 Å². The highest BCUT2D eigenvalue weighted by molar-refractivity contribution is 6.76. The maximum Gasteiger partial charge on any atom is 0.419 e. The molecule has 0 N–H and O–H groups in total. The van der Waals surface area contributed by atoms with Gasteiger partial charge in [0.1, 0.15) is 0 Å². The number of imide groups is 1. The maximum absolute atomic E-state index is 14.7. The highest BCUT2D eigenvalue weighted by Gasteiger charge is 2.56. The Labute approximate surface area is 243 Å². The molecule has 0 bridgehead atoms. The molecule has 3 rings (SSSR count). The molecule has 6 atom stereocenters. The van der Waals surface area contributed by atoms with E-state index in [0.717, 1.165) is 35.8 Å². The number of fused-ring (bicyclic) bond motifs is 1. The van der Waals surface area contributed by atoms with Gasteiger partial charge in [-0.15, -0.1) is 0 Å². The summed E-state index contributed by atoms with van der Waals surface area (Å²) in [6, 6.07) is 0.792. The molecule has 0 unspecified atom stereocenters. The van der Waals surface area contributed by atoms with Crippen LogP contribution in [-0.2, 0) is 19.1 Å². The molecule has 1 saturated carbocycles. The summed E-state index contributed by atoms with van der Waals surface area (Å²) in [6.45, 7) is 21.7. The molecular formula is C33H53NO5Si. The lowest BCUT2D eigenvalue weighted by atomic mass is 9.52. The monoisotopic (exact) mass is 571 g/mol. The smallest absolute Gasteiger partial charge is 0.419 e. The second-order valence-corrected chi connectivity index (χ2v) is 20.2. The van der Waals surface area contributed by atoms with Crippen molar-refractivity contribution >= 4 is 25.9 Å². The fourth-order valence-electron chi connectivity index (χ4n) is 7.55. The molecular weight excluding hydrogens is 518 g/mol. The fourth-order valence-corrected chi connectivity index (χ4v) is 8.27. The predicted molar refractivity (Wildman–Crippen MR) is 163 cm³/mol. The first kappa shape index (κ1) is 32.5. The van der Waals surface area contributed by atoms with E-state index in [2.05, 4.69) is 59.5 Å². The first-order valence-electron chi connectivity index (χ1n) is 15.2. The number of amides is 2. The zero-order valence-corrected chi connectivity index (χ0v) is 27.8. The minimum absolute atomic E-state index is 0.0687. The topological polar surface area (TPSA) is 72.9 Å². The average Bonchev–Trinajstić information content (AvgIpc) is 3.12. The van der Waals surface area contributed by atoms with Gasteiger partial charge in [-0.25, -0.2) is 9.69 Å². The van der Waals surface area contributed by atoms with E-state index in [1.165, 1.54) is 12.7 Å². The number of rotatable bonds is 9. The molecule has 2 aliphatic carbocycles. The largest absolute Gasteiger partial charge is 0.449 e. The van der Waals surface area contributed by atoms with Crippen molar-refractivity contribution in [3.05, 3.63) is 34.9 Å². The van der Waals surface area contributed by atoms with Crippen molar-refractivity contribution in [2.75, 3.05) is 13.7 Å². The second kappa shape index (κ2) is 12.1. The van der Waals surface area contributed by atoms with E-state index in [0.29, 0.717) is 12.3 Å². The van der Waals surface area contributed by atoms with Crippen LogP contribution >= 0.6 is 0 Å². The molecule has 0 aromatic rings. The quantitative estimate of drug-likeness (QED) is 0.160. The molecule has 7 heteroatoms. The van der Waals surface area contributed by atoms with Crippen LogP contribution in [0.5, 0.6) is 0 Å². The Hall–Kier alpha value is -1.99. The molecule has 6 nitrogen and oxygen atoms in total. The van der Waals surface area contributed by atoms with Crippen LogP contribution in [0.3, 0.4) is 0 Å². The van der Waals surface area contributed by atoms with Crippen molar-refractivity contribution in [2.45, 2.75) is 106 Å². The lowest BCUT2D eigenvalue weighted by Gasteiger charge is -2.52. The highest BCUT2D eigenvalue weighted by Crippen LogP contribution is 2.56. The zero-order chi connectivity index (χ0) is 30.2. The zero-order valence-electron chi connectivity index (χ0n) is 26.8. The average molecular weight is 572 g/mol. The van der Waals surface area contributed by atoms with Gasteiger partial charge >= 0.3 is 6.09 Å². The van der Waals surface area contributed by atoms with E-state index >= 15 is 0 Å². The van der Waals surface area contributed by atoms with Gasteiger partial charge in [0.05, 0.1) is 12.2 Å². The number of methoxy groups -OCH3 is 1. The van der Waals surface area contributed by atoms with E-state index in [1.54, 1.807) is 6.08 Å². The number of carbonyl (C=O) groups is 3. The summed E-state index contributed by atoms with van der Waals surface area (Å²) >= 11 is 0. The predicted octanol–water partition coefficient (Wildman–Crippen LogP) is 7.79. The number of hydrogen-bond donors (Lipinski definition) is 0. The number of ketones is 1. The summed E-state index contributed by atoms with van der Waals surface area (Å²) in [4.78, 5) is 43.4. The SMILES string of the molecule is C/C=C(\C)[C@@H]1C(C)=C[C@]2(C)C[C@H](C)CC[C@H]2[C@@H]1C(=O)C1=C[C@@](CC(C)C)(OC)N(C(=O)OCC[Si](C)(C)C)C1=O. The van der Waals surface area contributed by atoms with Crippen molar-refractivity contribution in [1.29, 1.82) is 0 Å². The van der Waals surface area contributed by atoms with E-state index < -0.39 is 25.8 Å². The first-order valence-corrected chi connectivity index (χ1v) is 18.9. The van der Waals surface area contributed by atoms with Gasteiger partial charge in [0, 0.05) is 33.4 Å². The molecule has 0 aromatic carbocycles. The Kier molecular flexibility index (Phi) is 9.83. The Balaban J connectivity index is 2.07. The van der Waals surface area contributed by atoms with Gasteiger partial charge in [0.25, 0.3) is 5.91 Å². The van der Waals surface area contributed by atoms with Crippen molar-refractivity contribution in [2.24, 2.45) is 35.0 Å². The van der Waals surface area contributed by atoms with E-state index in [9.17, 15) is 14.4 Å². The van der Waals surface area contributed by atoms with Gasteiger partial charge in [-0.1, -0.05) is 77.1 Å². The van der Waals surface area contributed by atoms with E-state index in [-0.39, 0.29) is 47.0 Å². The highest BCUT2D eigenvalue weighted by atomic mass is 28.3. The van der Waals surface area contributed by atoms with Crippen molar-refractivity contribution in [3.63, 3.8) is 0 Å². The molecule has 224 valence electrons. The van der Waals surface area contributed by atoms with Crippen LogP contribution in [-0.4, -0.2) is 50.2 Å². The lowest BCUT2D eigenvalue weighted by Crippen LogP contribution is -2.53. The first-order chi connectivity index (χ1) is 18.5. The van der Waals surface area contributed by atoms with Crippen LogP contribution in [0.2, 0.25) is 25.7 Å². The number of allylic oxidation sites excluding steroid dienone is 4. The van der Waals surface area contributed by atoms with Crippen LogP contribution in [0, 0.1) is 35.0 Å². The molecule has 0 spiro atoms. The third-order valence-corrected chi connectivity index (χ3v) is 11.2. The van der Waals surface area contributed by atoms with Crippen LogP contribution in [0.4, 0.5) is 4.79 Å². The molecule has 1 aliphatic heterocycles. The van der Waals surface area contributed by atoms with E-state index in [1.807, 2.05) is 20.8 Å². The standard InChI is InChI=1S/C33H53NO5Si/c1-12-23(5)27-24(6)19-32(7)18-22(4)13-14-26(32)28(27)29(35)25-20-33(38-8,17-21(2)3)34(30(25)36)31(37)39-15-16-40(9,10)11/h12,19-22,26-28H,13-18H2,1-11H3/b23-12+/t22-,26+,27-,28+,32+,33-/m1/s1.